The lowest BCUT2D eigenvalue weighted by Gasteiger charge is -2.46. The molecule has 2 aliphatic heterocycles. The van der Waals surface area contributed by atoms with Gasteiger partial charge in [-0.25, -0.2) is 9.97 Å². The summed E-state index contributed by atoms with van der Waals surface area (Å²) in [5.41, 5.74) is 2.08. The summed E-state index contributed by atoms with van der Waals surface area (Å²) in [7, 11) is 1.84. The summed E-state index contributed by atoms with van der Waals surface area (Å²) in [5.74, 6) is 2.65. The number of aromatic nitrogens is 2. The van der Waals surface area contributed by atoms with Crippen molar-refractivity contribution < 1.29 is 9.59 Å². The van der Waals surface area contributed by atoms with Crippen LogP contribution in [0.1, 0.15) is 83.3 Å². The normalized spacial score (nSPS) is 22.6. The predicted octanol–water partition coefficient (Wildman–Crippen LogP) is 3.38. The maximum Gasteiger partial charge on any atom is 0.228 e. The van der Waals surface area contributed by atoms with Crippen molar-refractivity contribution >= 4 is 17.6 Å². The highest BCUT2D eigenvalue weighted by molar-refractivity contribution is 5.95. The molecule has 1 saturated heterocycles. The number of carbonyl (C=O) groups excluding carboxylic acids is 2. The van der Waals surface area contributed by atoms with Gasteiger partial charge in [-0.05, 0) is 78.6 Å². The van der Waals surface area contributed by atoms with E-state index in [9.17, 15) is 9.59 Å². The van der Waals surface area contributed by atoms with Gasteiger partial charge in [-0.15, -0.1) is 0 Å². The zero-order valence-electron chi connectivity index (χ0n) is 20.6. The van der Waals surface area contributed by atoms with Gasteiger partial charge in [0.25, 0.3) is 0 Å². The van der Waals surface area contributed by atoms with Crippen LogP contribution in [-0.2, 0) is 22.6 Å². The number of nitrogens with one attached hydrogen (secondary N) is 1. The van der Waals surface area contributed by atoms with Crippen molar-refractivity contribution in [3.63, 3.8) is 0 Å². The third-order valence-corrected chi connectivity index (χ3v) is 7.06. The Balaban J connectivity index is 1.45. The number of hydrogen-bond acceptors (Lipinski definition) is 5. The third kappa shape index (κ3) is 5.30. The van der Waals surface area contributed by atoms with Crippen LogP contribution < -0.4 is 10.2 Å². The van der Waals surface area contributed by atoms with Crippen LogP contribution >= 0.6 is 0 Å². The highest BCUT2D eigenvalue weighted by Crippen LogP contribution is 2.36. The zero-order valence-corrected chi connectivity index (χ0v) is 20.6. The highest BCUT2D eigenvalue weighted by atomic mass is 16.2. The quantitative estimate of drug-likeness (QED) is 0.732. The Labute approximate surface area is 192 Å². The molecule has 0 radical (unpaired) electrons. The molecule has 1 aliphatic carbocycles. The number of carbonyl (C=O) groups is 2. The van der Waals surface area contributed by atoms with Crippen LogP contribution in [0.2, 0.25) is 0 Å². The van der Waals surface area contributed by atoms with Crippen LogP contribution in [0.4, 0.5) is 5.82 Å². The molecule has 0 unspecified atom stereocenters. The van der Waals surface area contributed by atoms with Crippen LogP contribution in [0.3, 0.4) is 0 Å². The van der Waals surface area contributed by atoms with Gasteiger partial charge in [-0.3, -0.25) is 14.5 Å². The standard InChI is InChI=1S/C25H39N5O2/c1-16-19-9-10-21(31)30(14-17-7-8-17)23(19)27-20(26-16)15-29(6)22(32)11-18-12-24(2,3)28-25(4,5)13-18/h17-18,28H,7-15H2,1-6H3. The Morgan fingerprint density at radius 2 is 1.75 bits per heavy atom. The molecule has 1 N–H and O–H groups in total. The van der Waals surface area contributed by atoms with Crippen LogP contribution in [0, 0.1) is 18.8 Å². The van der Waals surface area contributed by atoms with Crippen molar-refractivity contribution in [3.05, 3.63) is 17.1 Å². The Bertz CT molecular complexity index is 890. The van der Waals surface area contributed by atoms with E-state index in [-0.39, 0.29) is 22.9 Å². The molecule has 0 spiro atoms. The lowest BCUT2D eigenvalue weighted by Crippen LogP contribution is -2.58. The Morgan fingerprint density at radius 3 is 2.38 bits per heavy atom. The van der Waals surface area contributed by atoms with Crippen LogP contribution in [0.25, 0.3) is 0 Å². The van der Waals surface area contributed by atoms with Crippen molar-refractivity contribution in [2.45, 2.75) is 97.2 Å². The number of hydrogen-bond donors (Lipinski definition) is 1. The topological polar surface area (TPSA) is 78.4 Å². The summed E-state index contributed by atoms with van der Waals surface area (Å²) >= 11 is 0. The third-order valence-electron chi connectivity index (χ3n) is 7.06. The van der Waals surface area contributed by atoms with Gasteiger partial charge < -0.3 is 10.2 Å². The second kappa shape index (κ2) is 8.40. The van der Waals surface area contributed by atoms with Crippen molar-refractivity contribution in [2.75, 3.05) is 18.5 Å². The second-order valence-electron chi connectivity index (χ2n) is 11.6. The van der Waals surface area contributed by atoms with Crippen LogP contribution in [0.15, 0.2) is 0 Å². The number of fused-ring (bicyclic) bond motifs is 1. The van der Waals surface area contributed by atoms with Gasteiger partial charge in [0.15, 0.2) is 0 Å². The fraction of sp³-hybridized carbons (Fsp3) is 0.760. The van der Waals surface area contributed by atoms with Crippen molar-refractivity contribution in [1.29, 1.82) is 0 Å². The van der Waals surface area contributed by atoms with Gasteiger partial charge in [0.2, 0.25) is 11.8 Å². The molecule has 0 atom stereocenters. The summed E-state index contributed by atoms with van der Waals surface area (Å²) in [5, 5.41) is 3.69. The van der Waals surface area contributed by atoms with E-state index in [1.165, 1.54) is 12.8 Å². The van der Waals surface area contributed by atoms with Gasteiger partial charge in [0.1, 0.15) is 11.6 Å². The van der Waals surface area contributed by atoms with Gasteiger partial charge in [0, 0.05) is 48.8 Å². The molecule has 2 amide bonds. The SMILES string of the molecule is Cc1nc(CN(C)C(=O)CC2CC(C)(C)NC(C)(C)C2)nc2c1CCC(=O)N2CC1CC1. The second-order valence-corrected chi connectivity index (χ2v) is 11.6. The van der Waals surface area contributed by atoms with Crippen molar-refractivity contribution in [2.24, 2.45) is 11.8 Å². The zero-order chi connectivity index (χ0) is 23.3. The molecule has 1 aromatic rings. The number of nitrogens with zero attached hydrogens (tertiary/aromatic N) is 4. The Kier molecular flexibility index (Phi) is 6.07. The lowest BCUT2D eigenvalue weighted by molar-refractivity contribution is -0.132. The minimum Gasteiger partial charge on any atom is -0.338 e. The Hall–Kier alpha value is -2.02. The van der Waals surface area contributed by atoms with Gasteiger partial charge in [0.05, 0.1) is 6.54 Å². The molecule has 0 aromatic carbocycles. The average Bonchev–Trinajstić information content (AvgIpc) is 3.45. The van der Waals surface area contributed by atoms with Gasteiger partial charge in [-0.1, -0.05) is 0 Å². The first-order valence-electron chi connectivity index (χ1n) is 12.1. The van der Waals surface area contributed by atoms with Crippen LogP contribution in [-0.4, -0.2) is 51.4 Å². The summed E-state index contributed by atoms with van der Waals surface area (Å²) < 4.78 is 0. The first kappa shape index (κ1) is 23.1. The average molecular weight is 442 g/mol. The highest BCUT2D eigenvalue weighted by Gasteiger charge is 2.38. The molecule has 3 heterocycles. The molecule has 1 aromatic heterocycles. The monoisotopic (exact) mass is 441 g/mol. The minimum atomic E-state index is 0.0293. The van der Waals surface area contributed by atoms with E-state index in [4.69, 9.17) is 9.97 Å². The van der Waals surface area contributed by atoms with E-state index >= 15 is 0 Å². The Morgan fingerprint density at radius 1 is 1.09 bits per heavy atom. The van der Waals surface area contributed by atoms with Crippen LogP contribution in [0.5, 0.6) is 0 Å². The summed E-state index contributed by atoms with van der Waals surface area (Å²) in [6.45, 7) is 12.0. The molecule has 2 fully saturated rings. The van der Waals surface area contributed by atoms with Crippen molar-refractivity contribution in [1.82, 2.24) is 20.2 Å². The molecule has 176 valence electrons. The molecular weight excluding hydrogens is 402 g/mol. The fourth-order valence-corrected chi connectivity index (χ4v) is 5.84. The molecule has 1 saturated carbocycles. The maximum atomic E-state index is 13.1. The summed E-state index contributed by atoms with van der Waals surface area (Å²) in [6, 6.07) is 0. The maximum absolute atomic E-state index is 13.1. The van der Waals surface area contributed by atoms with Gasteiger partial charge in [-0.2, -0.15) is 0 Å². The molecular formula is C25H39N5O2. The number of aryl methyl sites for hydroxylation is 1. The molecule has 7 heteroatoms. The first-order valence-corrected chi connectivity index (χ1v) is 12.1. The predicted molar refractivity (Wildman–Crippen MR) is 125 cm³/mol. The van der Waals surface area contributed by atoms with E-state index in [0.717, 1.165) is 36.5 Å². The number of amides is 2. The number of rotatable bonds is 6. The van der Waals surface area contributed by atoms with E-state index in [1.807, 2.05) is 18.9 Å². The molecule has 0 bridgehead atoms. The lowest BCUT2D eigenvalue weighted by atomic mass is 9.74. The van der Waals surface area contributed by atoms with Crippen molar-refractivity contribution in [3.8, 4) is 0 Å². The van der Waals surface area contributed by atoms with E-state index in [0.29, 0.717) is 43.5 Å². The molecule has 4 rings (SSSR count). The van der Waals surface area contributed by atoms with E-state index in [1.54, 1.807) is 4.90 Å². The first-order chi connectivity index (χ1) is 14.9. The molecule has 7 nitrogen and oxygen atoms in total. The number of piperidine rings is 1. The summed E-state index contributed by atoms with van der Waals surface area (Å²) in [4.78, 5) is 38.8. The molecule has 3 aliphatic rings. The van der Waals surface area contributed by atoms with E-state index in [2.05, 4.69) is 33.0 Å². The van der Waals surface area contributed by atoms with E-state index < -0.39 is 0 Å². The fourth-order valence-electron chi connectivity index (χ4n) is 5.84. The minimum absolute atomic E-state index is 0.0293. The largest absolute Gasteiger partial charge is 0.338 e. The number of anilines is 1. The summed E-state index contributed by atoms with van der Waals surface area (Å²) in [6.07, 6.45) is 6.14. The smallest absolute Gasteiger partial charge is 0.228 e. The van der Waals surface area contributed by atoms with Gasteiger partial charge >= 0.3 is 0 Å². The molecule has 32 heavy (non-hydrogen) atoms.